The Morgan fingerprint density at radius 2 is 2.00 bits per heavy atom. The van der Waals surface area contributed by atoms with Gasteiger partial charge in [0.25, 0.3) is 0 Å². The summed E-state index contributed by atoms with van der Waals surface area (Å²) in [6.07, 6.45) is 3.79. The molecule has 140 valence electrons. The molecule has 1 fully saturated rings. The largest absolute Gasteiger partial charge is 0.462 e. The molecule has 0 amide bonds. The van der Waals surface area contributed by atoms with E-state index >= 15 is 0 Å². The predicted molar refractivity (Wildman–Crippen MR) is 102 cm³/mol. The van der Waals surface area contributed by atoms with E-state index < -0.39 is 0 Å². The van der Waals surface area contributed by atoms with Crippen molar-refractivity contribution in [3.05, 3.63) is 35.9 Å². The second-order valence-corrected chi connectivity index (χ2v) is 7.76. The van der Waals surface area contributed by atoms with Crippen LogP contribution < -0.4 is 11.1 Å². The van der Waals surface area contributed by atoms with Crippen molar-refractivity contribution in [2.45, 2.75) is 58.6 Å². The third kappa shape index (κ3) is 6.12. The van der Waals surface area contributed by atoms with Crippen molar-refractivity contribution in [3.63, 3.8) is 0 Å². The van der Waals surface area contributed by atoms with Gasteiger partial charge >= 0.3 is 5.97 Å². The van der Waals surface area contributed by atoms with Gasteiger partial charge in [-0.3, -0.25) is 4.79 Å². The Labute approximate surface area is 152 Å². The molecule has 4 atom stereocenters. The van der Waals surface area contributed by atoms with Crippen molar-refractivity contribution in [2.24, 2.45) is 23.5 Å². The van der Waals surface area contributed by atoms with E-state index in [1.807, 2.05) is 30.3 Å². The number of benzene rings is 1. The fourth-order valence-electron chi connectivity index (χ4n) is 3.88. The van der Waals surface area contributed by atoms with Gasteiger partial charge in [0.15, 0.2) is 0 Å². The Bertz CT molecular complexity index is 518. The monoisotopic (exact) mass is 346 g/mol. The topological polar surface area (TPSA) is 64.3 Å². The fourth-order valence-corrected chi connectivity index (χ4v) is 3.88. The van der Waals surface area contributed by atoms with Crippen LogP contribution in [0.5, 0.6) is 0 Å². The van der Waals surface area contributed by atoms with E-state index in [0.717, 1.165) is 18.4 Å². The van der Waals surface area contributed by atoms with Gasteiger partial charge in [0.1, 0.15) is 6.10 Å². The van der Waals surface area contributed by atoms with Crippen LogP contribution in [0.4, 0.5) is 0 Å². The Morgan fingerprint density at radius 1 is 1.28 bits per heavy atom. The van der Waals surface area contributed by atoms with Crippen molar-refractivity contribution in [3.8, 4) is 0 Å². The zero-order chi connectivity index (χ0) is 18.2. The minimum absolute atomic E-state index is 0.0456. The van der Waals surface area contributed by atoms with Gasteiger partial charge in [-0.15, -0.1) is 0 Å². The van der Waals surface area contributed by atoms with Crippen LogP contribution in [0.25, 0.3) is 0 Å². The molecule has 1 aromatic carbocycles. The first-order valence-corrected chi connectivity index (χ1v) is 9.69. The lowest BCUT2D eigenvalue weighted by Gasteiger charge is -2.37. The maximum atomic E-state index is 12.6. The lowest BCUT2D eigenvalue weighted by atomic mass is 9.75. The molecule has 4 nitrogen and oxygen atoms in total. The smallest absolute Gasteiger partial charge is 0.308 e. The Morgan fingerprint density at radius 3 is 2.64 bits per heavy atom. The molecule has 2 rings (SSSR count). The number of hydrogen-bond donors (Lipinski definition) is 2. The average Bonchev–Trinajstić information content (AvgIpc) is 2.59. The number of rotatable bonds is 8. The van der Waals surface area contributed by atoms with E-state index in [1.165, 1.54) is 6.42 Å². The van der Waals surface area contributed by atoms with Crippen LogP contribution in [0, 0.1) is 17.8 Å². The molecule has 0 heterocycles. The minimum atomic E-state index is -0.108. The molecule has 3 N–H and O–H groups in total. The molecule has 0 radical (unpaired) electrons. The maximum absolute atomic E-state index is 12.6. The molecule has 0 bridgehead atoms. The van der Waals surface area contributed by atoms with E-state index in [2.05, 4.69) is 26.1 Å². The lowest BCUT2D eigenvalue weighted by molar-refractivity contribution is -0.156. The standard InChI is InChI=1S/C21H34N2O2/c1-15(2)18-10-9-16(3)13-20(18)25-21(24)14-19(23-12-11-22)17-7-5-4-6-8-17/h4-8,15-16,18-20,23H,9-14,22H2,1-3H3/t16?,18-,19?,20?/m0/s1. The van der Waals surface area contributed by atoms with Crippen LogP contribution in [0.2, 0.25) is 0 Å². The molecule has 0 spiro atoms. The SMILES string of the molecule is CC1CC[C@@H](C(C)C)C(OC(=O)CC(NCCN)c2ccccc2)C1. The normalized spacial score (nSPS) is 24.9. The summed E-state index contributed by atoms with van der Waals surface area (Å²) in [5, 5.41) is 3.37. The minimum Gasteiger partial charge on any atom is -0.462 e. The highest BCUT2D eigenvalue weighted by molar-refractivity contribution is 5.70. The third-order valence-electron chi connectivity index (χ3n) is 5.35. The van der Waals surface area contributed by atoms with Crippen LogP contribution in [-0.4, -0.2) is 25.2 Å². The molecular weight excluding hydrogens is 312 g/mol. The number of hydrogen-bond acceptors (Lipinski definition) is 4. The highest BCUT2D eigenvalue weighted by atomic mass is 16.5. The van der Waals surface area contributed by atoms with Crippen molar-refractivity contribution in [1.29, 1.82) is 0 Å². The summed E-state index contributed by atoms with van der Waals surface area (Å²) in [5.41, 5.74) is 6.73. The molecular formula is C21H34N2O2. The number of ether oxygens (including phenoxy) is 1. The quantitative estimate of drug-likeness (QED) is 0.705. The fraction of sp³-hybridized carbons (Fsp3) is 0.667. The molecule has 25 heavy (non-hydrogen) atoms. The van der Waals surface area contributed by atoms with Crippen LogP contribution >= 0.6 is 0 Å². The summed E-state index contributed by atoms with van der Waals surface area (Å²) in [5.74, 6) is 1.55. The van der Waals surface area contributed by atoms with Gasteiger partial charge in [0.2, 0.25) is 0 Å². The molecule has 1 saturated carbocycles. The molecule has 1 aliphatic rings. The summed E-state index contributed by atoms with van der Waals surface area (Å²) in [4.78, 5) is 12.6. The third-order valence-corrected chi connectivity index (χ3v) is 5.35. The summed E-state index contributed by atoms with van der Waals surface area (Å²) in [6.45, 7) is 7.96. The van der Waals surface area contributed by atoms with E-state index in [1.54, 1.807) is 0 Å². The molecule has 3 unspecified atom stereocenters. The second-order valence-electron chi connectivity index (χ2n) is 7.76. The number of nitrogens with one attached hydrogen (secondary N) is 1. The van der Waals surface area contributed by atoms with E-state index in [0.29, 0.717) is 37.3 Å². The van der Waals surface area contributed by atoms with Gasteiger partial charge in [0.05, 0.1) is 6.42 Å². The first-order valence-electron chi connectivity index (χ1n) is 9.69. The summed E-state index contributed by atoms with van der Waals surface area (Å²) >= 11 is 0. The maximum Gasteiger partial charge on any atom is 0.308 e. The zero-order valence-electron chi connectivity index (χ0n) is 15.9. The van der Waals surface area contributed by atoms with Gasteiger partial charge in [-0.1, -0.05) is 57.5 Å². The molecule has 0 aliphatic heterocycles. The van der Waals surface area contributed by atoms with Gasteiger partial charge < -0.3 is 15.8 Å². The van der Waals surface area contributed by atoms with Gasteiger partial charge in [-0.25, -0.2) is 0 Å². The van der Waals surface area contributed by atoms with E-state index in [4.69, 9.17) is 10.5 Å². The first kappa shape index (κ1) is 19.9. The van der Waals surface area contributed by atoms with Crippen molar-refractivity contribution in [1.82, 2.24) is 5.32 Å². The van der Waals surface area contributed by atoms with Gasteiger partial charge in [-0.05, 0) is 36.2 Å². The van der Waals surface area contributed by atoms with Crippen LogP contribution in [0.15, 0.2) is 30.3 Å². The van der Waals surface area contributed by atoms with E-state index in [9.17, 15) is 4.79 Å². The Hall–Kier alpha value is -1.39. The van der Waals surface area contributed by atoms with Gasteiger partial charge in [-0.2, -0.15) is 0 Å². The van der Waals surface area contributed by atoms with E-state index in [-0.39, 0.29) is 18.1 Å². The lowest BCUT2D eigenvalue weighted by Crippen LogP contribution is -2.37. The molecule has 0 saturated heterocycles. The molecule has 1 aromatic rings. The summed E-state index contributed by atoms with van der Waals surface area (Å²) < 4.78 is 5.96. The molecule has 0 aromatic heterocycles. The number of carbonyl (C=O) groups excluding carboxylic acids is 1. The first-order chi connectivity index (χ1) is 12.0. The predicted octanol–water partition coefficient (Wildman–Crippen LogP) is 3.67. The van der Waals surface area contributed by atoms with Gasteiger partial charge in [0, 0.05) is 19.1 Å². The number of nitrogens with two attached hydrogens (primary N) is 1. The summed E-state index contributed by atoms with van der Waals surface area (Å²) in [7, 11) is 0. The summed E-state index contributed by atoms with van der Waals surface area (Å²) in [6, 6.07) is 10.0. The van der Waals surface area contributed by atoms with Crippen molar-refractivity contribution in [2.75, 3.05) is 13.1 Å². The van der Waals surface area contributed by atoms with Crippen molar-refractivity contribution < 1.29 is 9.53 Å². The number of carbonyl (C=O) groups is 1. The highest BCUT2D eigenvalue weighted by Gasteiger charge is 2.33. The van der Waals surface area contributed by atoms with Crippen molar-refractivity contribution >= 4 is 5.97 Å². The second kappa shape index (κ2) is 9.93. The Kier molecular flexibility index (Phi) is 7.91. The zero-order valence-corrected chi connectivity index (χ0v) is 15.9. The van der Waals surface area contributed by atoms with Crippen LogP contribution in [0.3, 0.4) is 0 Å². The number of esters is 1. The molecule has 1 aliphatic carbocycles. The molecule has 4 heteroatoms. The highest BCUT2D eigenvalue weighted by Crippen LogP contribution is 2.35. The van der Waals surface area contributed by atoms with Crippen LogP contribution in [0.1, 0.15) is 58.1 Å². The Balaban J connectivity index is 1.99. The average molecular weight is 347 g/mol. The van der Waals surface area contributed by atoms with Crippen LogP contribution in [-0.2, 0) is 9.53 Å².